The molecule has 5 atom stereocenters. The lowest BCUT2D eigenvalue weighted by Crippen LogP contribution is -2.60. The normalized spacial score (nSPS) is 28.1. The maximum atomic E-state index is 11.3. The number of carbonyl (C=O) groups excluding carboxylic acids is 1. The predicted molar refractivity (Wildman–Crippen MR) is 88.1 cm³/mol. The molecule has 1 aromatic carbocycles. The molecule has 1 aromatic heterocycles. The summed E-state index contributed by atoms with van der Waals surface area (Å²) in [6.45, 7) is 0.786. The van der Waals surface area contributed by atoms with E-state index >= 15 is 0 Å². The summed E-state index contributed by atoms with van der Waals surface area (Å²) in [5.41, 5.74) is -0.481. The highest BCUT2D eigenvalue weighted by Crippen LogP contribution is 2.33. The summed E-state index contributed by atoms with van der Waals surface area (Å²) in [6, 6.07) is 5.14. The van der Waals surface area contributed by atoms with E-state index in [1.807, 2.05) is 0 Å². The molecule has 1 aliphatic heterocycles. The quantitative estimate of drug-likeness (QED) is 0.392. The number of carbonyl (C=O) groups is 1. The van der Waals surface area contributed by atoms with E-state index in [0.29, 0.717) is 5.39 Å². The van der Waals surface area contributed by atoms with Crippen LogP contribution in [-0.4, -0.2) is 63.7 Å². The van der Waals surface area contributed by atoms with Gasteiger partial charge in [-0.2, -0.15) is 0 Å². The van der Waals surface area contributed by atoms with Gasteiger partial charge in [-0.05, 0) is 12.1 Å². The lowest BCUT2D eigenvalue weighted by atomic mass is 9.99. The van der Waals surface area contributed by atoms with Crippen LogP contribution >= 0.6 is 0 Å². The van der Waals surface area contributed by atoms with Crippen LogP contribution in [-0.2, 0) is 14.3 Å². The first-order valence-electron chi connectivity index (χ1n) is 8.03. The SMILES string of the molecule is CC(=O)OC[C@H]1O[C@@H](Oc2cc3oc(=O)ccc3cc2O)[C@H](O)[C@@H](O)[C@@H]1O. The summed E-state index contributed by atoms with van der Waals surface area (Å²) in [5, 5.41) is 40.6. The number of hydrogen-bond acceptors (Lipinski definition) is 10. The van der Waals surface area contributed by atoms with Crippen molar-refractivity contribution in [2.75, 3.05) is 6.61 Å². The summed E-state index contributed by atoms with van der Waals surface area (Å²) >= 11 is 0. The molecule has 0 amide bonds. The Hall–Kier alpha value is -2.66. The third kappa shape index (κ3) is 4.03. The van der Waals surface area contributed by atoms with E-state index in [-0.39, 0.29) is 23.7 Å². The van der Waals surface area contributed by atoms with Gasteiger partial charge in [0.2, 0.25) is 6.29 Å². The van der Waals surface area contributed by atoms with E-state index in [9.17, 15) is 30.0 Å². The predicted octanol–water partition coefficient (Wildman–Crippen LogP) is -0.752. The van der Waals surface area contributed by atoms with E-state index in [0.717, 1.165) is 6.92 Å². The fourth-order valence-electron chi connectivity index (χ4n) is 2.66. The monoisotopic (exact) mass is 382 g/mol. The molecular formula is C17H18O10. The van der Waals surface area contributed by atoms with Crippen LogP contribution in [0.2, 0.25) is 0 Å². The van der Waals surface area contributed by atoms with Crippen molar-refractivity contribution < 1.29 is 43.8 Å². The van der Waals surface area contributed by atoms with Crippen molar-refractivity contribution in [2.45, 2.75) is 37.6 Å². The first-order valence-corrected chi connectivity index (χ1v) is 8.03. The van der Waals surface area contributed by atoms with E-state index in [1.54, 1.807) is 0 Å². The Bertz CT molecular complexity index is 891. The van der Waals surface area contributed by atoms with Crippen LogP contribution in [0.15, 0.2) is 33.5 Å². The molecule has 0 spiro atoms. The number of aliphatic hydroxyl groups excluding tert-OH is 3. The number of aromatic hydroxyl groups is 1. The molecule has 0 aliphatic carbocycles. The van der Waals surface area contributed by atoms with Crippen molar-refractivity contribution >= 4 is 16.9 Å². The molecule has 3 rings (SSSR count). The fraction of sp³-hybridized carbons (Fsp3) is 0.412. The smallest absolute Gasteiger partial charge is 0.336 e. The molecule has 2 heterocycles. The van der Waals surface area contributed by atoms with Crippen LogP contribution in [0.25, 0.3) is 11.0 Å². The van der Waals surface area contributed by atoms with Gasteiger partial charge in [0, 0.05) is 24.4 Å². The molecule has 10 heteroatoms. The highest BCUT2D eigenvalue weighted by molar-refractivity contribution is 5.80. The van der Waals surface area contributed by atoms with Crippen LogP contribution in [0.4, 0.5) is 0 Å². The number of rotatable bonds is 4. The Kier molecular flexibility index (Phi) is 5.33. The number of esters is 1. The minimum absolute atomic E-state index is 0.123. The summed E-state index contributed by atoms with van der Waals surface area (Å²) in [5.74, 6) is -1.13. The zero-order valence-corrected chi connectivity index (χ0v) is 14.1. The van der Waals surface area contributed by atoms with Crippen molar-refractivity contribution in [3.63, 3.8) is 0 Å². The second kappa shape index (κ2) is 7.53. The second-order valence-corrected chi connectivity index (χ2v) is 6.05. The first-order chi connectivity index (χ1) is 12.8. The summed E-state index contributed by atoms with van der Waals surface area (Å²) in [6.07, 6.45) is -7.50. The fourth-order valence-corrected chi connectivity index (χ4v) is 2.66. The topological polar surface area (TPSA) is 156 Å². The molecule has 27 heavy (non-hydrogen) atoms. The standard InChI is InChI=1S/C17H18O10/c1-7(18)24-6-12-14(21)15(22)16(23)17(27-12)26-11-5-10-8(4-9(11)19)2-3-13(20)25-10/h2-5,12,14-17,19,21-23H,6H2,1H3/t12-,14-,15+,16-,17-/m1/s1. The van der Waals surface area contributed by atoms with Crippen LogP contribution in [0.3, 0.4) is 0 Å². The molecule has 0 unspecified atom stereocenters. The molecule has 1 aliphatic rings. The van der Waals surface area contributed by atoms with Crippen LogP contribution < -0.4 is 10.4 Å². The molecular weight excluding hydrogens is 364 g/mol. The van der Waals surface area contributed by atoms with Crippen LogP contribution in [0, 0.1) is 0 Å². The molecule has 1 saturated heterocycles. The van der Waals surface area contributed by atoms with Gasteiger partial charge in [0.05, 0.1) is 0 Å². The van der Waals surface area contributed by atoms with Crippen molar-refractivity contribution in [2.24, 2.45) is 0 Å². The largest absolute Gasteiger partial charge is 0.504 e. The lowest BCUT2D eigenvalue weighted by Gasteiger charge is -2.39. The number of ether oxygens (including phenoxy) is 3. The Morgan fingerprint density at radius 2 is 1.89 bits per heavy atom. The van der Waals surface area contributed by atoms with Gasteiger partial charge in [-0.1, -0.05) is 0 Å². The number of benzene rings is 1. The molecule has 1 fully saturated rings. The van der Waals surface area contributed by atoms with Crippen molar-refractivity contribution in [1.29, 1.82) is 0 Å². The number of phenols is 1. The zero-order valence-electron chi connectivity index (χ0n) is 14.1. The first kappa shape index (κ1) is 19.1. The van der Waals surface area contributed by atoms with Gasteiger partial charge in [0.1, 0.15) is 36.6 Å². The molecule has 4 N–H and O–H groups in total. The minimum atomic E-state index is -1.66. The van der Waals surface area contributed by atoms with Gasteiger partial charge in [-0.25, -0.2) is 4.79 Å². The third-order valence-electron chi connectivity index (χ3n) is 4.06. The highest BCUT2D eigenvalue weighted by Gasteiger charge is 2.45. The summed E-state index contributed by atoms with van der Waals surface area (Å²) in [7, 11) is 0. The lowest BCUT2D eigenvalue weighted by molar-refractivity contribution is -0.278. The molecule has 10 nitrogen and oxygen atoms in total. The van der Waals surface area contributed by atoms with Gasteiger partial charge < -0.3 is 39.1 Å². The Balaban J connectivity index is 1.84. The maximum Gasteiger partial charge on any atom is 0.336 e. The van der Waals surface area contributed by atoms with Gasteiger partial charge in [-0.3, -0.25) is 4.79 Å². The molecule has 0 bridgehead atoms. The second-order valence-electron chi connectivity index (χ2n) is 6.05. The molecule has 2 aromatic rings. The Morgan fingerprint density at radius 3 is 2.59 bits per heavy atom. The van der Waals surface area contributed by atoms with Gasteiger partial charge in [0.25, 0.3) is 0 Å². The number of fused-ring (bicyclic) bond motifs is 1. The number of phenolic OH excluding ortho intramolecular Hbond substituents is 1. The number of aliphatic hydroxyl groups is 3. The van der Waals surface area contributed by atoms with Crippen molar-refractivity contribution in [3.05, 3.63) is 34.7 Å². The average molecular weight is 382 g/mol. The molecule has 0 radical (unpaired) electrons. The van der Waals surface area contributed by atoms with Gasteiger partial charge in [-0.15, -0.1) is 0 Å². The molecule has 146 valence electrons. The van der Waals surface area contributed by atoms with E-state index in [2.05, 4.69) is 0 Å². The minimum Gasteiger partial charge on any atom is -0.504 e. The van der Waals surface area contributed by atoms with Gasteiger partial charge in [0.15, 0.2) is 11.5 Å². The van der Waals surface area contributed by atoms with Crippen LogP contribution in [0.5, 0.6) is 11.5 Å². The summed E-state index contributed by atoms with van der Waals surface area (Å²) in [4.78, 5) is 22.3. The van der Waals surface area contributed by atoms with Crippen LogP contribution in [0.1, 0.15) is 6.92 Å². The van der Waals surface area contributed by atoms with E-state index in [4.69, 9.17) is 18.6 Å². The van der Waals surface area contributed by atoms with Crippen molar-refractivity contribution in [3.8, 4) is 11.5 Å². The van der Waals surface area contributed by atoms with E-state index < -0.39 is 42.3 Å². The molecule has 0 saturated carbocycles. The Labute approximate surface area is 152 Å². The zero-order chi connectivity index (χ0) is 19.7. The van der Waals surface area contributed by atoms with Crippen molar-refractivity contribution in [1.82, 2.24) is 0 Å². The Morgan fingerprint density at radius 1 is 1.15 bits per heavy atom. The highest BCUT2D eigenvalue weighted by atomic mass is 16.7. The average Bonchev–Trinajstić information content (AvgIpc) is 2.61. The maximum absolute atomic E-state index is 11.3. The number of hydrogen-bond donors (Lipinski definition) is 4. The van der Waals surface area contributed by atoms with Gasteiger partial charge >= 0.3 is 11.6 Å². The summed E-state index contributed by atoms with van der Waals surface area (Å²) < 4.78 is 20.5. The third-order valence-corrected chi connectivity index (χ3v) is 4.06. The van der Waals surface area contributed by atoms with E-state index in [1.165, 1.54) is 24.3 Å².